The van der Waals surface area contributed by atoms with E-state index >= 15 is 0 Å². The minimum absolute atomic E-state index is 0.162. The molecule has 0 aromatic heterocycles. The largest absolute Gasteiger partial charge is 0.457 e. The second-order valence-electron chi connectivity index (χ2n) is 6.75. The second-order valence-corrected chi connectivity index (χ2v) is 6.75. The van der Waals surface area contributed by atoms with Gasteiger partial charge in [0.15, 0.2) is 0 Å². The fraction of sp³-hybridized carbons (Fsp3) is 0.333. The van der Waals surface area contributed by atoms with E-state index in [1.165, 1.54) is 24.2 Å². The fourth-order valence-electron chi connectivity index (χ4n) is 3.15. The van der Waals surface area contributed by atoms with Crippen LogP contribution in [0.5, 0.6) is 11.5 Å². The summed E-state index contributed by atoms with van der Waals surface area (Å²) in [4.78, 5) is 25.5. The molecule has 1 heterocycles. The van der Waals surface area contributed by atoms with Gasteiger partial charge < -0.3 is 9.64 Å². The first-order chi connectivity index (χ1) is 13.2. The number of hydrazine groups is 1. The zero-order chi connectivity index (χ0) is 18.9. The van der Waals surface area contributed by atoms with Crippen LogP contribution >= 0.6 is 0 Å². The molecule has 0 bridgehead atoms. The molecule has 0 atom stereocenters. The number of carbonyl (C=O) groups is 2. The van der Waals surface area contributed by atoms with Crippen molar-refractivity contribution in [2.24, 2.45) is 0 Å². The van der Waals surface area contributed by atoms with Gasteiger partial charge in [-0.1, -0.05) is 18.2 Å². The van der Waals surface area contributed by atoms with Crippen molar-refractivity contribution in [2.45, 2.75) is 25.7 Å². The lowest BCUT2D eigenvalue weighted by atomic mass is 10.1. The molecule has 1 fully saturated rings. The maximum atomic E-state index is 12.2. The van der Waals surface area contributed by atoms with Crippen LogP contribution in [0, 0.1) is 0 Å². The molecule has 2 amide bonds. The Morgan fingerprint density at radius 2 is 1.52 bits per heavy atom. The maximum absolute atomic E-state index is 12.2. The van der Waals surface area contributed by atoms with Crippen molar-refractivity contribution >= 4 is 11.8 Å². The summed E-state index contributed by atoms with van der Waals surface area (Å²) in [6.07, 6.45) is 4.18. The first kappa shape index (κ1) is 18.9. The summed E-state index contributed by atoms with van der Waals surface area (Å²) in [6.45, 7) is 3.08. The van der Waals surface area contributed by atoms with E-state index in [-0.39, 0.29) is 11.8 Å². The topological polar surface area (TPSA) is 71.9 Å². The standard InChI is InChI=1S/C21H25N3O3/c25-20(13-16-24-14-5-2-6-15-24)22-23-21(26)17-9-11-19(12-10-17)27-18-7-3-1-4-8-18/h1,3-4,7-12H,2,5-6,13-16H2,(H,22,25)(H,23,26)/p+1. The summed E-state index contributed by atoms with van der Waals surface area (Å²) in [5.41, 5.74) is 5.41. The SMILES string of the molecule is O=C(CC[NH+]1CCCCC1)NNC(=O)c1ccc(Oc2ccccc2)cc1. The Bertz CT molecular complexity index is 741. The molecule has 0 radical (unpaired) electrons. The number of carbonyl (C=O) groups excluding carboxylic acids is 2. The number of piperidine rings is 1. The third-order valence-electron chi connectivity index (χ3n) is 4.68. The lowest BCUT2D eigenvalue weighted by Gasteiger charge is -2.23. The summed E-state index contributed by atoms with van der Waals surface area (Å²) in [7, 11) is 0. The average Bonchev–Trinajstić information content (AvgIpc) is 2.72. The van der Waals surface area contributed by atoms with E-state index in [1.54, 1.807) is 24.3 Å². The molecule has 6 nitrogen and oxygen atoms in total. The highest BCUT2D eigenvalue weighted by molar-refractivity contribution is 5.95. The summed E-state index contributed by atoms with van der Waals surface area (Å²) in [5, 5.41) is 0. The van der Waals surface area contributed by atoms with Crippen LogP contribution in [0.3, 0.4) is 0 Å². The lowest BCUT2D eigenvalue weighted by molar-refractivity contribution is -0.904. The Morgan fingerprint density at radius 1 is 0.852 bits per heavy atom. The van der Waals surface area contributed by atoms with E-state index in [9.17, 15) is 9.59 Å². The number of quaternary nitrogens is 1. The Kier molecular flexibility index (Phi) is 6.82. The highest BCUT2D eigenvalue weighted by Crippen LogP contribution is 2.20. The second kappa shape index (κ2) is 9.73. The molecule has 142 valence electrons. The van der Waals surface area contributed by atoms with Crippen molar-refractivity contribution in [3.8, 4) is 11.5 Å². The molecule has 3 rings (SSSR count). The predicted octanol–water partition coefficient (Wildman–Crippen LogP) is 1.70. The van der Waals surface area contributed by atoms with Gasteiger partial charge in [-0.25, -0.2) is 0 Å². The van der Waals surface area contributed by atoms with Crippen LogP contribution in [0.4, 0.5) is 0 Å². The van der Waals surface area contributed by atoms with Crippen molar-refractivity contribution in [1.29, 1.82) is 0 Å². The summed E-state index contributed by atoms with van der Waals surface area (Å²) in [5.74, 6) is 0.870. The molecule has 2 aromatic carbocycles. The molecular weight excluding hydrogens is 342 g/mol. The molecule has 1 aliphatic rings. The third-order valence-corrected chi connectivity index (χ3v) is 4.68. The molecule has 6 heteroatoms. The van der Waals surface area contributed by atoms with E-state index < -0.39 is 0 Å². The van der Waals surface area contributed by atoms with Gasteiger partial charge in [-0.15, -0.1) is 0 Å². The number of hydrogen-bond donors (Lipinski definition) is 3. The summed E-state index contributed by atoms with van der Waals surface area (Å²) < 4.78 is 5.70. The van der Waals surface area contributed by atoms with Crippen LogP contribution < -0.4 is 20.5 Å². The van der Waals surface area contributed by atoms with Crippen LogP contribution in [-0.4, -0.2) is 31.4 Å². The fourth-order valence-corrected chi connectivity index (χ4v) is 3.15. The highest BCUT2D eigenvalue weighted by atomic mass is 16.5. The monoisotopic (exact) mass is 368 g/mol. The normalized spacial score (nSPS) is 14.4. The lowest BCUT2D eigenvalue weighted by Crippen LogP contribution is -3.12. The molecule has 0 aliphatic carbocycles. The number of hydrogen-bond acceptors (Lipinski definition) is 3. The molecule has 27 heavy (non-hydrogen) atoms. The van der Waals surface area contributed by atoms with Crippen LogP contribution in [0.1, 0.15) is 36.0 Å². The Hall–Kier alpha value is -2.86. The number of likely N-dealkylation sites (tertiary alicyclic amines) is 1. The van der Waals surface area contributed by atoms with Crippen molar-refractivity contribution in [3.63, 3.8) is 0 Å². The number of amides is 2. The van der Waals surface area contributed by atoms with Gasteiger partial charge in [-0.2, -0.15) is 0 Å². The molecule has 0 unspecified atom stereocenters. The van der Waals surface area contributed by atoms with Crippen molar-refractivity contribution < 1.29 is 19.2 Å². The maximum Gasteiger partial charge on any atom is 0.269 e. The number of rotatable bonds is 6. The van der Waals surface area contributed by atoms with Gasteiger partial charge in [0.25, 0.3) is 5.91 Å². The van der Waals surface area contributed by atoms with Crippen molar-refractivity contribution in [3.05, 3.63) is 60.2 Å². The molecule has 3 N–H and O–H groups in total. The van der Waals surface area contributed by atoms with E-state index in [1.807, 2.05) is 30.3 Å². The molecule has 0 spiro atoms. The Morgan fingerprint density at radius 3 is 2.22 bits per heavy atom. The number of ether oxygens (including phenoxy) is 1. The van der Waals surface area contributed by atoms with Gasteiger partial charge in [0.1, 0.15) is 11.5 Å². The van der Waals surface area contributed by atoms with Gasteiger partial charge in [-0.3, -0.25) is 20.4 Å². The summed E-state index contributed by atoms with van der Waals surface area (Å²) in [6, 6.07) is 16.2. The van der Waals surface area contributed by atoms with Crippen molar-refractivity contribution in [1.82, 2.24) is 10.9 Å². The zero-order valence-electron chi connectivity index (χ0n) is 15.4. The number of nitrogens with one attached hydrogen (secondary N) is 3. The van der Waals surface area contributed by atoms with Crippen LogP contribution in [0.2, 0.25) is 0 Å². The van der Waals surface area contributed by atoms with Gasteiger partial charge in [0.05, 0.1) is 26.1 Å². The molecular formula is C21H26N3O3+. The van der Waals surface area contributed by atoms with Crippen molar-refractivity contribution in [2.75, 3.05) is 19.6 Å². The first-order valence-electron chi connectivity index (χ1n) is 9.46. The van der Waals surface area contributed by atoms with Gasteiger partial charge in [0.2, 0.25) is 5.91 Å². The molecule has 0 saturated carbocycles. The van der Waals surface area contributed by atoms with Crippen LogP contribution in [0.25, 0.3) is 0 Å². The minimum atomic E-state index is -0.347. The Balaban J connectivity index is 1.41. The zero-order valence-corrected chi connectivity index (χ0v) is 15.4. The third kappa shape index (κ3) is 6.11. The van der Waals surface area contributed by atoms with E-state index in [0.717, 1.165) is 25.4 Å². The predicted molar refractivity (Wildman–Crippen MR) is 103 cm³/mol. The van der Waals surface area contributed by atoms with E-state index in [4.69, 9.17) is 4.74 Å². The number of benzene rings is 2. The molecule has 2 aromatic rings. The van der Waals surface area contributed by atoms with Gasteiger partial charge >= 0.3 is 0 Å². The first-order valence-corrected chi connectivity index (χ1v) is 9.46. The number of para-hydroxylation sites is 1. The van der Waals surface area contributed by atoms with Gasteiger partial charge in [-0.05, 0) is 55.7 Å². The Labute approximate surface area is 159 Å². The van der Waals surface area contributed by atoms with Crippen LogP contribution in [-0.2, 0) is 4.79 Å². The van der Waals surface area contributed by atoms with E-state index in [0.29, 0.717) is 17.7 Å². The van der Waals surface area contributed by atoms with E-state index in [2.05, 4.69) is 10.9 Å². The van der Waals surface area contributed by atoms with Crippen LogP contribution in [0.15, 0.2) is 54.6 Å². The molecule has 1 aliphatic heterocycles. The average molecular weight is 368 g/mol. The summed E-state index contributed by atoms with van der Waals surface area (Å²) >= 11 is 0. The molecule has 1 saturated heterocycles. The highest BCUT2D eigenvalue weighted by Gasteiger charge is 2.15. The minimum Gasteiger partial charge on any atom is -0.457 e. The smallest absolute Gasteiger partial charge is 0.269 e. The van der Waals surface area contributed by atoms with Gasteiger partial charge in [0, 0.05) is 5.56 Å². The quantitative estimate of drug-likeness (QED) is 0.680.